The zero-order valence-electron chi connectivity index (χ0n) is 11.7. The molecule has 0 bridgehead atoms. The molecule has 1 amide bonds. The van der Waals surface area contributed by atoms with Gasteiger partial charge in [0.25, 0.3) is 5.91 Å². The molecule has 0 N–H and O–H groups in total. The summed E-state index contributed by atoms with van der Waals surface area (Å²) in [6.07, 6.45) is 0.791. The summed E-state index contributed by atoms with van der Waals surface area (Å²) >= 11 is 1.25. The summed E-state index contributed by atoms with van der Waals surface area (Å²) in [5.74, 6) is -0.480. The van der Waals surface area contributed by atoms with Crippen molar-refractivity contribution >= 4 is 17.2 Å². The number of benzene rings is 1. The van der Waals surface area contributed by atoms with Crippen molar-refractivity contribution in [2.45, 2.75) is 13.3 Å². The first-order valence-electron chi connectivity index (χ1n) is 6.68. The van der Waals surface area contributed by atoms with Crippen molar-refractivity contribution in [1.29, 1.82) is 5.26 Å². The molecule has 0 spiro atoms. The molecule has 0 aliphatic carbocycles. The van der Waals surface area contributed by atoms with E-state index in [1.165, 1.54) is 22.3 Å². The van der Waals surface area contributed by atoms with Gasteiger partial charge in [0.1, 0.15) is 12.4 Å². The second-order valence-electron chi connectivity index (χ2n) is 4.53. The van der Waals surface area contributed by atoms with Gasteiger partial charge in [0.15, 0.2) is 0 Å². The molecule has 0 saturated heterocycles. The Morgan fingerprint density at radius 1 is 1.33 bits per heavy atom. The summed E-state index contributed by atoms with van der Waals surface area (Å²) in [6, 6.07) is 11.9. The van der Waals surface area contributed by atoms with Gasteiger partial charge in [0.05, 0.1) is 10.9 Å². The molecule has 5 heteroatoms. The van der Waals surface area contributed by atoms with E-state index in [-0.39, 0.29) is 18.3 Å². The maximum absolute atomic E-state index is 13.8. The van der Waals surface area contributed by atoms with Crippen LogP contribution < -0.4 is 0 Å². The Kier molecular flexibility index (Phi) is 5.07. The van der Waals surface area contributed by atoms with E-state index < -0.39 is 0 Å². The third-order valence-electron chi connectivity index (χ3n) is 3.00. The fraction of sp³-hybridized carbons (Fsp3) is 0.250. The molecule has 0 radical (unpaired) electrons. The fourth-order valence-electron chi connectivity index (χ4n) is 2.02. The van der Waals surface area contributed by atoms with E-state index in [0.29, 0.717) is 21.9 Å². The molecule has 0 aliphatic heterocycles. The fourth-order valence-corrected chi connectivity index (χ4v) is 3.02. The van der Waals surface area contributed by atoms with Crippen LogP contribution in [0.15, 0.2) is 36.4 Å². The monoisotopic (exact) mass is 302 g/mol. The summed E-state index contributed by atoms with van der Waals surface area (Å²) in [5, 5.41) is 8.79. The molecule has 2 rings (SSSR count). The van der Waals surface area contributed by atoms with Gasteiger partial charge in [-0.05, 0) is 24.6 Å². The van der Waals surface area contributed by atoms with Crippen LogP contribution in [0.1, 0.15) is 23.0 Å². The molecule has 108 valence electrons. The van der Waals surface area contributed by atoms with Crippen molar-refractivity contribution < 1.29 is 9.18 Å². The number of carbonyl (C=O) groups is 1. The highest BCUT2D eigenvalue weighted by molar-refractivity contribution is 7.17. The predicted molar refractivity (Wildman–Crippen MR) is 81.5 cm³/mol. The van der Waals surface area contributed by atoms with Crippen LogP contribution in [0.5, 0.6) is 0 Å². The van der Waals surface area contributed by atoms with Crippen molar-refractivity contribution in [2.24, 2.45) is 0 Å². The van der Waals surface area contributed by atoms with Gasteiger partial charge in [-0.15, -0.1) is 11.3 Å². The number of rotatable bonds is 5. The Bertz CT molecular complexity index is 675. The van der Waals surface area contributed by atoms with Crippen molar-refractivity contribution in [1.82, 2.24) is 4.90 Å². The highest BCUT2D eigenvalue weighted by Crippen LogP contribution is 2.30. The van der Waals surface area contributed by atoms with Crippen LogP contribution in [0.4, 0.5) is 4.39 Å². The van der Waals surface area contributed by atoms with E-state index in [0.717, 1.165) is 6.42 Å². The summed E-state index contributed by atoms with van der Waals surface area (Å²) < 4.78 is 13.8. The quantitative estimate of drug-likeness (QED) is 0.785. The first-order chi connectivity index (χ1) is 10.2. The number of halogens is 1. The van der Waals surface area contributed by atoms with Crippen LogP contribution in [0.25, 0.3) is 10.4 Å². The van der Waals surface area contributed by atoms with E-state index in [4.69, 9.17) is 5.26 Å². The Morgan fingerprint density at radius 2 is 2.10 bits per heavy atom. The molecule has 2 aromatic rings. The van der Waals surface area contributed by atoms with Crippen LogP contribution in [-0.2, 0) is 0 Å². The van der Waals surface area contributed by atoms with Crippen molar-refractivity contribution in [3.05, 3.63) is 47.1 Å². The summed E-state index contributed by atoms with van der Waals surface area (Å²) in [5.41, 5.74) is 0.490. The summed E-state index contributed by atoms with van der Waals surface area (Å²) in [6.45, 7) is 2.57. The summed E-state index contributed by atoms with van der Waals surface area (Å²) in [4.78, 5) is 15.1. The zero-order valence-corrected chi connectivity index (χ0v) is 12.5. The lowest BCUT2D eigenvalue weighted by Crippen LogP contribution is -2.31. The number of thiophene rings is 1. The molecule has 1 heterocycles. The average molecular weight is 302 g/mol. The lowest BCUT2D eigenvalue weighted by Gasteiger charge is -2.17. The van der Waals surface area contributed by atoms with Crippen molar-refractivity contribution in [2.75, 3.05) is 13.1 Å². The summed E-state index contributed by atoms with van der Waals surface area (Å²) in [7, 11) is 0. The second kappa shape index (κ2) is 7.00. The number of nitriles is 1. The van der Waals surface area contributed by atoms with Crippen LogP contribution >= 0.6 is 11.3 Å². The number of nitrogens with zero attached hydrogens (tertiary/aromatic N) is 2. The second-order valence-corrected chi connectivity index (χ2v) is 5.61. The maximum atomic E-state index is 13.8. The maximum Gasteiger partial charge on any atom is 0.264 e. The van der Waals surface area contributed by atoms with Gasteiger partial charge in [-0.1, -0.05) is 25.1 Å². The Morgan fingerprint density at radius 3 is 2.76 bits per heavy atom. The molecular weight excluding hydrogens is 287 g/mol. The molecule has 1 aromatic heterocycles. The van der Waals surface area contributed by atoms with E-state index in [9.17, 15) is 9.18 Å². The van der Waals surface area contributed by atoms with Crippen LogP contribution in [-0.4, -0.2) is 23.9 Å². The number of amides is 1. The Hall–Kier alpha value is -2.19. The lowest BCUT2D eigenvalue weighted by molar-refractivity contribution is 0.0781. The van der Waals surface area contributed by atoms with Crippen LogP contribution in [0, 0.1) is 17.1 Å². The molecule has 3 nitrogen and oxygen atoms in total. The molecule has 0 aliphatic rings. The van der Waals surface area contributed by atoms with Crippen LogP contribution in [0.2, 0.25) is 0 Å². The predicted octanol–water partition coefficient (Wildman–Crippen LogP) is 3.93. The zero-order chi connectivity index (χ0) is 15.2. The standard InChI is InChI=1S/C16H15FN2OS/c1-2-10-19(11-9-18)16(20)15-8-7-14(21-15)12-5-3-4-6-13(12)17/h3-8H,2,10-11H2,1H3. The number of hydrogen-bond acceptors (Lipinski definition) is 3. The third-order valence-corrected chi connectivity index (χ3v) is 4.10. The van der Waals surface area contributed by atoms with Gasteiger partial charge >= 0.3 is 0 Å². The van der Waals surface area contributed by atoms with Gasteiger partial charge < -0.3 is 4.90 Å². The van der Waals surface area contributed by atoms with Gasteiger partial charge in [-0.2, -0.15) is 5.26 Å². The largest absolute Gasteiger partial charge is 0.325 e. The average Bonchev–Trinajstić information content (AvgIpc) is 2.96. The molecule has 0 saturated carbocycles. The minimum absolute atomic E-state index is 0.0691. The molecule has 0 fully saturated rings. The molecule has 0 unspecified atom stereocenters. The Balaban J connectivity index is 2.25. The first-order valence-corrected chi connectivity index (χ1v) is 7.50. The van der Waals surface area contributed by atoms with Crippen LogP contribution in [0.3, 0.4) is 0 Å². The minimum atomic E-state index is -0.305. The third kappa shape index (κ3) is 3.47. The molecule has 21 heavy (non-hydrogen) atoms. The minimum Gasteiger partial charge on any atom is -0.325 e. The normalized spacial score (nSPS) is 10.1. The van der Waals surface area contributed by atoms with E-state index in [1.54, 1.807) is 30.3 Å². The number of carbonyl (C=O) groups excluding carboxylic acids is 1. The molecule has 1 aromatic carbocycles. The van der Waals surface area contributed by atoms with Crippen molar-refractivity contribution in [3.63, 3.8) is 0 Å². The van der Waals surface area contributed by atoms with Gasteiger partial charge in [0, 0.05) is 17.0 Å². The van der Waals surface area contributed by atoms with Gasteiger partial charge in [-0.25, -0.2) is 4.39 Å². The van der Waals surface area contributed by atoms with E-state index >= 15 is 0 Å². The lowest BCUT2D eigenvalue weighted by atomic mass is 10.2. The smallest absolute Gasteiger partial charge is 0.264 e. The van der Waals surface area contributed by atoms with Gasteiger partial charge in [0.2, 0.25) is 0 Å². The Labute approximate surface area is 127 Å². The SMILES string of the molecule is CCCN(CC#N)C(=O)c1ccc(-c2ccccc2F)s1. The highest BCUT2D eigenvalue weighted by atomic mass is 32.1. The topological polar surface area (TPSA) is 44.1 Å². The van der Waals surface area contributed by atoms with E-state index in [2.05, 4.69) is 0 Å². The van der Waals surface area contributed by atoms with Gasteiger partial charge in [-0.3, -0.25) is 4.79 Å². The number of hydrogen-bond donors (Lipinski definition) is 0. The van der Waals surface area contributed by atoms with E-state index in [1.807, 2.05) is 13.0 Å². The first kappa shape index (κ1) is 15.2. The highest BCUT2D eigenvalue weighted by Gasteiger charge is 2.17. The molecular formula is C16H15FN2OS. The van der Waals surface area contributed by atoms with Crippen molar-refractivity contribution in [3.8, 4) is 16.5 Å². The molecule has 0 atom stereocenters.